The van der Waals surface area contributed by atoms with E-state index in [9.17, 15) is 14.7 Å². The van der Waals surface area contributed by atoms with Gasteiger partial charge in [-0.25, -0.2) is 0 Å². The summed E-state index contributed by atoms with van der Waals surface area (Å²) in [6.07, 6.45) is 6.51. The van der Waals surface area contributed by atoms with Crippen molar-refractivity contribution in [3.8, 4) is 5.75 Å². The quantitative estimate of drug-likeness (QED) is 0.223. The molecule has 1 atom stereocenters. The number of carbonyl (C=O) groups excluding carboxylic acids is 2. The summed E-state index contributed by atoms with van der Waals surface area (Å²) in [4.78, 5) is 36.0. The fraction of sp³-hybridized carbons (Fsp3) is 0.133. The number of aromatic nitrogens is 2. The zero-order chi connectivity index (χ0) is 25.8. The number of benzene rings is 2. The van der Waals surface area contributed by atoms with Crippen molar-refractivity contribution in [3.63, 3.8) is 0 Å². The van der Waals surface area contributed by atoms with Gasteiger partial charge in [-0.1, -0.05) is 42.0 Å². The molecular formula is C30H25N3O4. The predicted molar refractivity (Wildman–Crippen MR) is 138 cm³/mol. The average Bonchev–Trinajstić information content (AvgIpc) is 3.18. The second-order valence-corrected chi connectivity index (χ2v) is 8.88. The second kappa shape index (κ2) is 10.5. The maximum Gasteiger partial charge on any atom is 0.295 e. The number of ketones is 1. The van der Waals surface area contributed by atoms with Crippen molar-refractivity contribution in [1.82, 2.24) is 14.9 Å². The SMILES string of the molecule is Cc1cccc(COc2ccc(C(O)=C3C(=O)C(=O)N(Cc4cccnc4)[C@H]3c3cccnc3)cc2)c1. The molecule has 3 heterocycles. The van der Waals surface area contributed by atoms with Crippen LogP contribution in [-0.4, -0.2) is 31.7 Å². The molecule has 1 aliphatic rings. The van der Waals surface area contributed by atoms with Gasteiger partial charge in [0, 0.05) is 36.9 Å². The summed E-state index contributed by atoms with van der Waals surface area (Å²) in [6, 6.07) is 21.2. The highest BCUT2D eigenvalue weighted by Gasteiger charge is 2.46. The topological polar surface area (TPSA) is 92.6 Å². The average molecular weight is 492 g/mol. The van der Waals surface area contributed by atoms with E-state index in [1.807, 2.05) is 31.2 Å². The van der Waals surface area contributed by atoms with Crippen LogP contribution in [0.3, 0.4) is 0 Å². The third-order valence-electron chi connectivity index (χ3n) is 6.23. The molecule has 1 fully saturated rings. The molecule has 2 aromatic carbocycles. The van der Waals surface area contributed by atoms with Crippen LogP contribution in [-0.2, 0) is 22.7 Å². The number of ether oxygens (including phenoxy) is 1. The first-order valence-electron chi connectivity index (χ1n) is 11.9. The van der Waals surface area contributed by atoms with Gasteiger partial charge in [0.25, 0.3) is 11.7 Å². The number of amides is 1. The lowest BCUT2D eigenvalue weighted by atomic mass is 9.96. The van der Waals surface area contributed by atoms with Crippen molar-refractivity contribution in [2.24, 2.45) is 0 Å². The molecule has 0 radical (unpaired) electrons. The van der Waals surface area contributed by atoms with Crippen LogP contribution in [0.15, 0.2) is 103 Å². The highest BCUT2D eigenvalue weighted by atomic mass is 16.5. The first-order chi connectivity index (χ1) is 18.0. The number of nitrogens with zero attached hydrogens (tertiary/aromatic N) is 3. The molecular weight excluding hydrogens is 466 g/mol. The van der Waals surface area contributed by atoms with Gasteiger partial charge in [0.15, 0.2) is 0 Å². The molecule has 5 rings (SSSR count). The summed E-state index contributed by atoms with van der Waals surface area (Å²) < 4.78 is 5.88. The molecule has 1 saturated heterocycles. The minimum atomic E-state index is -0.786. The first-order valence-corrected chi connectivity index (χ1v) is 11.9. The summed E-state index contributed by atoms with van der Waals surface area (Å²) in [5, 5.41) is 11.3. The predicted octanol–water partition coefficient (Wildman–Crippen LogP) is 4.99. The van der Waals surface area contributed by atoms with Crippen LogP contribution in [0.1, 0.15) is 33.9 Å². The van der Waals surface area contributed by atoms with Crippen LogP contribution in [0.4, 0.5) is 0 Å². The molecule has 0 aliphatic carbocycles. The number of hydrogen-bond donors (Lipinski definition) is 1. The van der Waals surface area contributed by atoms with Crippen LogP contribution in [0, 0.1) is 6.92 Å². The Kier molecular flexibility index (Phi) is 6.76. The molecule has 2 aromatic heterocycles. The molecule has 7 nitrogen and oxygen atoms in total. The van der Waals surface area contributed by atoms with Gasteiger partial charge in [0.2, 0.25) is 0 Å². The number of pyridine rings is 2. The second-order valence-electron chi connectivity index (χ2n) is 8.88. The molecule has 184 valence electrons. The van der Waals surface area contributed by atoms with E-state index in [1.54, 1.807) is 67.3 Å². The smallest absolute Gasteiger partial charge is 0.295 e. The highest BCUT2D eigenvalue weighted by molar-refractivity contribution is 6.46. The number of likely N-dealkylation sites (tertiary alicyclic amines) is 1. The van der Waals surface area contributed by atoms with E-state index in [1.165, 1.54) is 4.90 Å². The number of aliphatic hydroxyl groups is 1. The molecule has 1 N–H and O–H groups in total. The monoisotopic (exact) mass is 491 g/mol. The minimum absolute atomic E-state index is 0.0234. The van der Waals surface area contributed by atoms with Crippen molar-refractivity contribution in [2.45, 2.75) is 26.1 Å². The Morgan fingerprint density at radius 1 is 0.919 bits per heavy atom. The lowest BCUT2D eigenvalue weighted by Crippen LogP contribution is -2.29. The Morgan fingerprint density at radius 2 is 1.65 bits per heavy atom. The lowest BCUT2D eigenvalue weighted by Gasteiger charge is -2.25. The maximum absolute atomic E-state index is 13.2. The lowest BCUT2D eigenvalue weighted by molar-refractivity contribution is -0.140. The summed E-state index contributed by atoms with van der Waals surface area (Å²) in [5.41, 5.74) is 4.05. The number of aryl methyl sites for hydroxylation is 1. The van der Waals surface area contributed by atoms with E-state index in [0.29, 0.717) is 23.5 Å². The van der Waals surface area contributed by atoms with Crippen LogP contribution in [0.25, 0.3) is 5.76 Å². The maximum atomic E-state index is 13.2. The van der Waals surface area contributed by atoms with E-state index >= 15 is 0 Å². The van der Waals surface area contributed by atoms with Crippen LogP contribution in [0.2, 0.25) is 0 Å². The van der Waals surface area contributed by atoms with E-state index in [2.05, 4.69) is 16.0 Å². The van der Waals surface area contributed by atoms with Crippen LogP contribution >= 0.6 is 0 Å². The molecule has 4 aromatic rings. The Morgan fingerprint density at radius 3 is 2.32 bits per heavy atom. The Balaban J connectivity index is 1.45. The van der Waals surface area contributed by atoms with E-state index in [4.69, 9.17) is 4.74 Å². The third kappa shape index (κ3) is 5.11. The van der Waals surface area contributed by atoms with Crippen LogP contribution < -0.4 is 4.74 Å². The number of rotatable bonds is 7. The number of carbonyl (C=O) groups is 2. The van der Waals surface area contributed by atoms with E-state index in [0.717, 1.165) is 16.7 Å². The van der Waals surface area contributed by atoms with Crippen molar-refractivity contribution >= 4 is 17.4 Å². The summed E-state index contributed by atoms with van der Waals surface area (Å²) in [6.45, 7) is 2.61. The standard InChI is InChI=1S/C30H25N3O4/c1-20-5-2-6-21(15-20)19-37-25-11-9-23(10-12-25)28(34)26-27(24-8-4-14-32-17-24)33(30(36)29(26)35)18-22-7-3-13-31-16-22/h2-17,27,34H,18-19H2,1H3/t27-/m0/s1. The zero-order valence-electron chi connectivity index (χ0n) is 20.2. The molecule has 7 heteroatoms. The Hall–Kier alpha value is -4.78. The Labute approximate surface area is 214 Å². The van der Waals surface area contributed by atoms with E-state index in [-0.39, 0.29) is 17.9 Å². The van der Waals surface area contributed by atoms with Gasteiger partial charge in [-0.3, -0.25) is 19.6 Å². The molecule has 0 bridgehead atoms. The van der Waals surface area contributed by atoms with Crippen molar-refractivity contribution < 1.29 is 19.4 Å². The van der Waals surface area contributed by atoms with Crippen molar-refractivity contribution in [1.29, 1.82) is 0 Å². The van der Waals surface area contributed by atoms with Gasteiger partial charge in [-0.2, -0.15) is 0 Å². The normalized spacial score (nSPS) is 16.7. The molecule has 0 saturated carbocycles. The highest BCUT2D eigenvalue weighted by Crippen LogP contribution is 2.40. The molecule has 1 aliphatic heterocycles. The number of aliphatic hydroxyl groups excluding tert-OH is 1. The summed E-state index contributed by atoms with van der Waals surface area (Å²) in [7, 11) is 0. The van der Waals surface area contributed by atoms with Gasteiger partial charge >= 0.3 is 0 Å². The van der Waals surface area contributed by atoms with Crippen molar-refractivity contribution in [2.75, 3.05) is 0 Å². The molecule has 1 amide bonds. The third-order valence-corrected chi connectivity index (χ3v) is 6.23. The van der Waals surface area contributed by atoms with Crippen LogP contribution in [0.5, 0.6) is 5.75 Å². The largest absolute Gasteiger partial charge is 0.507 e. The number of hydrogen-bond acceptors (Lipinski definition) is 6. The molecule has 0 spiro atoms. The van der Waals surface area contributed by atoms with Gasteiger partial charge < -0.3 is 14.7 Å². The first kappa shape index (κ1) is 23.9. The summed E-state index contributed by atoms with van der Waals surface area (Å²) >= 11 is 0. The van der Waals surface area contributed by atoms with E-state index < -0.39 is 17.7 Å². The number of Topliss-reactive ketones (excluding diaryl/α,β-unsaturated/α-hetero) is 1. The fourth-order valence-electron chi connectivity index (χ4n) is 4.45. The van der Waals surface area contributed by atoms with Gasteiger partial charge in [0.1, 0.15) is 18.1 Å². The molecule has 0 unspecified atom stereocenters. The van der Waals surface area contributed by atoms with Gasteiger partial charge in [0.05, 0.1) is 11.6 Å². The molecule has 37 heavy (non-hydrogen) atoms. The Bertz CT molecular complexity index is 1450. The van der Waals surface area contributed by atoms with Crippen molar-refractivity contribution in [3.05, 3.63) is 131 Å². The zero-order valence-corrected chi connectivity index (χ0v) is 20.2. The fourth-order valence-corrected chi connectivity index (χ4v) is 4.45. The minimum Gasteiger partial charge on any atom is -0.507 e. The van der Waals surface area contributed by atoms with Gasteiger partial charge in [-0.05, 0) is 60.0 Å². The van der Waals surface area contributed by atoms with Gasteiger partial charge in [-0.15, -0.1) is 0 Å². The summed E-state index contributed by atoms with van der Waals surface area (Å²) in [5.74, 6) is -1.04.